The van der Waals surface area contributed by atoms with Crippen molar-refractivity contribution in [3.8, 4) is 0 Å². The van der Waals surface area contributed by atoms with Crippen LogP contribution < -0.4 is 9.62 Å². The van der Waals surface area contributed by atoms with E-state index in [1.54, 1.807) is 37.3 Å². The van der Waals surface area contributed by atoms with Crippen LogP contribution in [0, 0.1) is 6.92 Å². The minimum atomic E-state index is -4.07. The third-order valence-corrected chi connectivity index (χ3v) is 8.80. The fraction of sp³-hybridized carbons (Fsp3) is 0.355. The van der Waals surface area contributed by atoms with E-state index in [1.807, 2.05) is 64.1 Å². The highest BCUT2D eigenvalue weighted by Crippen LogP contribution is 2.25. The van der Waals surface area contributed by atoms with Gasteiger partial charge in [-0.25, -0.2) is 8.42 Å². The molecule has 0 bridgehead atoms. The predicted octanol–water partition coefficient (Wildman–Crippen LogP) is 5.08. The number of amides is 2. The maximum atomic E-state index is 14.0. The molecule has 0 radical (unpaired) electrons. The zero-order chi connectivity index (χ0) is 28.6. The van der Waals surface area contributed by atoms with Gasteiger partial charge in [0.15, 0.2) is 0 Å². The molecule has 3 aromatic carbocycles. The van der Waals surface area contributed by atoms with E-state index in [0.29, 0.717) is 5.69 Å². The molecule has 3 aromatic rings. The predicted molar refractivity (Wildman–Crippen MR) is 156 cm³/mol. The van der Waals surface area contributed by atoms with Crippen molar-refractivity contribution in [2.45, 2.75) is 71.0 Å². The van der Waals surface area contributed by atoms with Gasteiger partial charge in [0.05, 0.1) is 10.6 Å². The van der Waals surface area contributed by atoms with Gasteiger partial charge in [-0.2, -0.15) is 0 Å². The Kier molecular flexibility index (Phi) is 10.3. The maximum Gasteiger partial charge on any atom is 0.264 e. The molecule has 0 aliphatic heterocycles. The van der Waals surface area contributed by atoms with Crippen LogP contribution in [0.4, 0.5) is 5.69 Å². The van der Waals surface area contributed by atoms with Crippen molar-refractivity contribution in [2.75, 3.05) is 10.8 Å². The number of nitrogens with one attached hydrogen (secondary N) is 1. The Bertz CT molecular complexity index is 1360. The van der Waals surface area contributed by atoms with Crippen LogP contribution in [0.2, 0.25) is 0 Å². The molecule has 208 valence electrons. The normalized spacial score (nSPS) is 12.8. The number of aryl methyl sites for hydroxylation is 2. The lowest BCUT2D eigenvalue weighted by Crippen LogP contribution is -2.52. The zero-order valence-corrected chi connectivity index (χ0v) is 24.2. The molecule has 0 spiro atoms. The van der Waals surface area contributed by atoms with Gasteiger partial charge in [-0.1, -0.05) is 68.4 Å². The highest BCUT2D eigenvalue weighted by atomic mass is 32.2. The van der Waals surface area contributed by atoms with Gasteiger partial charge in [0.1, 0.15) is 12.6 Å². The minimum absolute atomic E-state index is 0.0533. The minimum Gasteiger partial charge on any atom is -0.352 e. The van der Waals surface area contributed by atoms with Gasteiger partial charge in [0.25, 0.3) is 10.0 Å². The molecule has 0 saturated heterocycles. The van der Waals surface area contributed by atoms with Crippen LogP contribution in [-0.4, -0.2) is 43.8 Å². The number of rotatable bonds is 12. The third kappa shape index (κ3) is 7.47. The van der Waals surface area contributed by atoms with Gasteiger partial charge in [-0.05, 0) is 74.6 Å². The van der Waals surface area contributed by atoms with E-state index >= 15 is 0 Å². The van der Waals surface area contributed by atoms with Gasteiger partial charge < -0.3 is 10.2 Å². The van der Waals surface area contributed by atoms with E-state index in [0.717, 1.165) is 33.8 Å². The van der Waals surface area contributed by atoms with E-state index in [2.05, 4.69) is 5.32 Å². The molecule has 2 atom stereocenters. The molecule has 0 aliphatic carbocycles. The van der Waals surface area contributed by atoms with Crippen molar-refractivity contribution in [2.24, 2.45) is 0 Å². The van der Waals surface area contributed by atoms with Crippen molar-refractivity contribution in [3.05, 3.63) is 95.6 Å². The lowest BCUT2D eigenvalue weighted by Gasteiger charge is -2.32. The number of hydrogen-bond donors (Lipinski definition) is 1. The van der Waals surface area contributed by atoms with Crippen LogP contribution in [0.15, 0.2) is 83.8 Å². The molecule has 0 heterocycles. The van der Waals surface area contributed by atoms with Crippen molar-refractivity contribution in [1.29, 1.82) is 0 Å². The average molecular weight is 550 g/mol. The highest BCUT2D eigenvalue weighted by Gasteiger charge is 2.32. The fourth-order valence-corrected chi connectivity index (χ4v) is 5.60. The average Bonchev–Trinajstić information content (AvgIpc) is 2.95. The van der Waals surface area contributed by atoms with Crippen LogP contribution in [0.25, 0.3) is 0 Å². The lowest BCUT2D eigenvalue weighted by molar-refractivity contribution is -0.139. The van der Waals surface area contributed by atoms with Crippen molar-refractivity contribution in [1.82, 2.24) is 10.2 Å². The van der Waals surface area contributed by atoms with Gasteiger partial charge in [0.2, 0.25) is 11.8 Å². The summed E-state index contributed by atoms with van der Waals surface area (Å²) in [5.41, 5.74) is 3.31. The Morgan fingerprint density at radius 1 is 0.872 bits per heavy atom. The number of carbonyl (C=O) groups excluding carboxylic acids is 2. The van der Waals surface area contributed by atoms with Crippen LogP contribution in [0.5, 0.6) is 0 Å². The summed E-state index contributed by atoms with van der Waals surface area (Å²) in [6.45, 7) is 9.26. The molecule has 8 heteroatoms. The number of carbonyl (C=O) groups is 2. The first kappa shape index (κ1) is 29.9. The molecular weight excluding hydrogens is 510 g/mol. The van der Waals surface area contributed by atoms with Gasteiger partial charge >= 0.3 is 0 Å². The number of sulfonamides is 1. The number of benzene rings is 3. The summed E-state index contributed by atoms with van der Waals surface area (Å²) in [7, 11) is -4.07. The van der Waals surface area contributed by atoms with E-state index in [-0.39, 0.29) is 23.4 Å². The lowest BCUT2D eigenvalue weighted by atomic mass is 10.1. The molecule has 2 amide bonds. The second kappa shape index (κ2) is 13.4. The van der Waals surface area contributed by atoms with Gasteiger partial charge in [-0.15, -0.1) is 0 Å². The smallest absolute Gasteiger partial charge is 0.264 e. The van der Waals surface area contributed by atoms with Gasteiger partial charge in [-0.3, -0.25) is 13.9 Å². The zero-order valence-electron chi connectivity index (χ0n) is 23.4. The SMILES string of the molecule is CCc1ccc(N(CC(=O)N(Cc2ccccc2C)[C@H](C)C(=O)N[C@H](C)CC)S(=O)(=O)c2ccccc2)cc1. The second-order valence-electron chi connectivity index (χ2n) is 9.79. The monoisotopic (exact) mass is 549 g/mol. The Morgan fingerprint density at radius 3 is 2.08 bits per heavy atom. The Hall–Kier alpha value is -3.65. The molecule has 0 saturated carbocycles. The third-order valence-electron chi connectivity index (χ3n) is 7.01. The van der Waals surface area contributed by atoms with E-state index in [1.165, 1.54) is 17.0 Å². The Morgan fingerprint density at radius 2 is 1.49 bits per heavy atom. The summed E-state index contributed by atoms with van der Waals surface area (Å²) in [6.07, 6.45) is 1.55. The molecular formula is C31H39N3O4S. The van der Waals surface area contributed by atoms with E-state index in [9.17, 15) is 18.0 Å². The van der Waals surface area contributed by atoms with Crippen molar-refractivity contribution in [3.63, 3.8) is 0 Å². The van der Waals surface area contributed by atoms with Gasteiger partial charge in [0, 0.05) is 12.6 Å². The topological polar surface area (TPSA) is 86.8 Å². The van der Waals surface area contributed by atoms with Crippen LogP contribution in [0.1, 0.15) is 50.8 Å². The number of hydrogen-bond acceptors (Lipinski definition) is 4. The summed E-state index contributed by atoms with van der Waals surface area (Å²) >= 11 is 0. The van der Waals surface area contributed by atoms with E-state index < -0.39 is 28.5 Å². The second-order valence-corrected chi connectivity index (χ2v) is 11.6. The van der Waals surface area contributed by atoms with E-state index in [4.69, 9.17) is 0 Å². The largest absolute Gasteiger partial charge is 0.352 e. The maximum absolute atomic E-state index is 14.0. The molecule has 7 nitrogen and oxygen atoms in total. The standard InChI is InChI=1S/C31H39N3O4S/c1-6-24(4)32-31(36)25(5)33(21-27-14-12-11-13-23(27)3)30(35)22-34(28-19-17-26(7-2)18-20-28)39(37,38)29-15-9-8-10-16-29/h8-20,24-25H,6-7,21-22H2,1-5H3,(H,32,36)/t24-,25-/m1/s1. The summed E-state index contributed by atoms with van der Waals surface area (Å²) in [6, 6.07) is 22.0. The van der Waals surface area contributed by atoms with Crippen LogP contribution >= 0.6 is 0 Å². The first-order valence-electron chi connectivity index (χ1n) is 13.4. The van der Waals surface area contributed by atoms with Crippen molar-refractivity contribution >= 4 is 27.5 Å². The van der Waals surface area contributed by atoms with Crippen LogP contribution in [-0.2, 0) is 32.6 Å². The molecule has 0 fully saturated rings. The number of nitrogens with zero attached hydrogens (tertiary/aromatic N) is 2. The molecule has 39 heavy (non-hydrogen) atoms. The summed E-state index contributed by atoms with van der Waals surface area (Å²) in [5.74, 6) is -0.750. The number of anilines is 1. The first-order valence-corrected chi connectivity index (χ1v) is 14.8. The Balaban J connectivity index is 2.02. The highest BCUT2D eigenvalue weighted by molar-refractivity contribution is 7.92. The molecule has 0 unspecified atom stereocenters. The summed E-state index contributed by atoms with van der Waals surface area (Å²) < 4.78 is 28.8. The fourth-order valence-electron chi connectivity index (χ4n) is 4.17. The quantitative estimate of drug-likeness (QED) is 0.341. The summed E-state index contributed by atoms with van der Waals surface area (Å²) in [4.78, 5) is 28.7. The molecule has 1 N–H and O–H groups in total. The molecule has 0 aromatic heterocycles. The first-order chi connectivity index (χ1) is 18.6. The Labute approximate surface area is 232 Å². The van der Waals surface area contributed by atoms with Crippen molar-refractivity contribution < 1.29 is 18.0 Å². The summed E-state index contributed by atoms with van der Waals surface area (Å²) in [5, 5.41) is 2.95. The molecule has 3 rings (SSSR count). The van der Waals surface area contributed by atoms with Crippen LogP contribution in [0.3, 0.4) is 0 Å². The molecule has 0 aliphatic rings.